The van der Waals surface area contributed by atoms with Crippen LogP contribution in [0.1, 0.15) is 48.3 Å². The second-order valence-corrected chi connectivity index (χ2v) is 7.94. The van der Waals surface area contributed by atoms with E-state index in [9.17, 15) is 4.79 Å². The maximum absolute atomic E-state index is 12.4. The quantitative estimate of drug-likeness (QED) is 0.815. The first kappa shape index (κ1) is 18.0. The fourth-order valence-corrected chi connectivity index (χ4v) is 4.86. The van der Waals surface area contributed by atoms with Gasteiger partial charge in [-0.2, -0.15) is 0 Å². The molecule has 2 atom stereocenters. The van der Waals surface area contributed by atoms with E-state index < -0.39 is 0 Å². The van der Waals surface area contributed by atoms with Crippen molar-refractivity contribution >= 4 is 22.3 Å². The number of piperidine rings is 1. The molecule has 1 saturated heterocycles. The predicted molar refractivity (Wildman–Crippen MR) is 104 cm³/mol. The zero-order chi connectivity index (χ0) is 18.0. The first-order valence-electron chi connectivity index (χ1n) is 8.83. The smallest absolute Gasteiger partial charge is 0.341 e. The molecule has 1 aliphatic heterocycles. The minimum Gasteiger partial charge on any atom is -0.465 e. The normalized spacial score (nSPS) is 21.2. The van der Waals surface area contributed by atoms with Gasteiger partial charge in [-0.15, -0.1) is 11.3 Å². The van der Waals surface area contributed by atoms with E-state index in [1.165, 1.54) is 37.7 Å². The van der Waals surface area contributed by atoms with E-state index in [4.69, 9.17) is 10.5 Å². The Morgan fingerprint density at radius 3 is 2.48 bits per heavy atom. The lowest BCUT2D eigenvalue weighted by Crippen LogP contribution is -2.42. The van der Waals surface area contributed by atoms with Crippen LogP contribution in [-0.4, -0.2) is 30.1 Å². The number of nitrogen functional groups attached to an aromatic ring is 1. The molecule has 2 heterocycles. The van der Waals surface area contributed by atoms with Gasteiger partial charge in [0.15, 0.2) is 0 Å². The summed E-state index contributed by atoms with van der Waals surface area (Å²) in [6.45, 7) is 5.39. The second-order valence-electron chi connectivity index (χ2n) is 6.80. The Labute approximate surface area is 153 Å². The molecule has 2 unspecified atom stereocenters. The van der Waals surface area contributed by atoms with Gasteiger partial charge in [0.25, 0.3) is 0 Å². The van der Waals surface area contributed by atoms with Crippen molar-refractivity contribution in [2.45, 2.75) is 51.7 Å². The van der Waals surface area contributed by atoms with Gasteiger partial charge in [0.1, 0.15) is 10.6 Å². The summed E-state index contributed by atoms with van der Waals surface area (Å²) in [5, 5.41) is 0.540. The maximum atomic E-state index is 12.4. The lowest BCUT2D eigenvalue weighted by Gasteiger charge is -2.39. The topological polar surface area (TPSA) is 55.6 Å². The van der Waals surface area contributed by atoms with Gasteiger partial charge in [0.05, 0.1) is 7.11 Å². The Kier molecular flexibility index (Phi) is 5.45. The Hall–Kier alpha value is -1.85. The zero-order valence-electron chi connectivity index (χ0n) is 15.1. The van der Waals surface area contributed by atoms with Crippen LogP contribution in [-0.2, 0) is 11.3 Å². The molecular formula is C20H26N2O2S. The van der Waals surface area contributed by atoms with Crippen LogP contribution >= 0.6 is 11.3 Å². The van der Waals surface area contributed by atoms with Crippen molar-refractivity contribution in [3.63, 3.8) is 0 Å². The minimum absolute atomic E-state index is 0.362. The number of carbonyl (C=O) groups is 1. The summed E-state index contributed by atoms with van der Waals surface area (Å²) in [4.78, 5) is 16.0. The number of benzene rings is 1. The number of anilines is 1. The highest BCUT2D eigenvalue weighted by Crippen LogP contribution is 2.41. The third-order valence-electron chi connectivity index (χ3n) is 5.16. The molecule has 2 N–H and O–H groups in total. The number of hydrogen-bond donors (Lipinski definition) is 1. The SMILES string of the molecule is COC(=O)c1c(N)sc(CN2C(C)CCCC2C)c1-c1ccccc1. The predicted octanol–water partition coefficient (Wildman–Crippen LogP) is 4.55. The lowest BCUT2D eigenvalue weighted by molar-refractivity contribution is 0.0603. The Morgan fingerprint density at radius 1 is 1.24 bits per heavy atom. The van der Waals surface area contributed by atoms with Crippen LogP contribution in [0.15, 0.2) is 30.3 Å². The third-order valence-corrected chi connectivity index (χ3v) is 6.17. The number of nitrogens with zero attached hydrogens (tertiary/aromatic N) is 1. The van der Waals surface area contributed by atoms with Crippen molar-refractivity contribution in [2.75, 3.05) is 12.8 Å². The molecule has 1 fully saturated rings. The average molecular weight is 359 g/mol. The summed E-state index contributed by atoms with van der Waals surface area (Å²) in [6.07, 6.45) is 3.72. The molecule has 134 valence electrons. The highest BCUT2D eigenvalue weighted by atomic mass is 32.1. The summed E-state index contributed by atoms with van der Waals surface area (Å²) < 4.78 is 5.00. The van der Waals surface area contributed by atoms with Gasteiger partial charge in [-0.05, 0) is 32.3 Å². The Morgan fingerprint density at radius 2 is 1.88 bits per heavy atom. The van der Waals surface area contributed by atoms with Crippen molar-refractivity contribution < 1.29 is 9.53 Å². The van der Waals surface area contributed by atoms with Gasteiger partial charge >= 0.3 is 5.97 Å². The van der Waals surface area contributed by atoms with Crippen molar-refractivity contribution in [2.24, 2.45) is 0 Å². The molecule has 0 spiro atoms. The number of ether oxygens (including phenoxy) is 1. The van der Waals surface area contributed by atoms with E-state index in [0.29, 0.717) is 22.6 Å². The highest BCUT2D eigenvalue weighted by Gasteiger charge is 2.29. The molecule has 0 bridgehead atoms. The van der Waals surface area contributed by atoms with Crippen LogP contribution in [0.25, 0.3) is 11.1 Å². The fraction of sp³-hybridized carbons (Fsp3) is 0.450. The van der Waals surface area contributed by atoms with Crippen LogP contribution in [0.5, 0.6) is 0 Å². The number of esters is 1. The van der Waals surface area contributed by atoms with Gasteiger partial charge in [-0.25, -0.2) is 4.79 Å². The van der Waals surface area contributed by atoms with Crippen molar-refractivity contribution in [3.05, 3.63) is 40.8 Å². The summed E-state index contributed by atoms with van der Waals surface area (Å²) in [7, 11) is 1.41. The van der Waals surface area contributed by atoms with E-state index in [0.717, 1.165) is 22.5 Å². The molecule has 0 saturated carbocycles. The molecule has 0 radical (unpaired) electrons. The number of carbonyl (C=O) groups excluding carboxylic acids is 1. The molecular weight excluding hydrogens is 332 g/mol. The molecule has 5 heteroatoms. The van der Waals surface area contributed by atoms with Gasteiger partial charge in [0.2, 0.25) is 0 Å². The van der Waals surface area contributed by atoms with E-state index in [2.05, 4.69) is 18.7 Å². The van der Waals surface area contributed by atoms with E-state index in [1.807, 2.05) is 30.3 Å². The lowest BCUT2D eigenvalue weighted by atomic mass is 9.96. The Balaban J connectivity index is 2.06. The number of hydrogen-bond acceptors (Lipinski definition) is 5. The number of rotatable bonds is 4. The number of methoxy groups -OCH3 is 1. The zero-order valence-corrected chi connectivity index (χ0v) is 15.9. The average Bonchev–Trinajstić information content (AvgIpc) is 2.94. The van der Waals surface area contributed by atoms with Gasteiger partial charge in [-0.3, -0.25) is 4.90 Å². The van der Waals surface area contributed by atoms with Crippen LogP contribution in [0.4, 0.5) is 5.00 Å². The molecule has 4 nitrogen and oxygen atoms in total. The number of thiophene rings is 1. The molecule has 3 rings (SSSR count). The van der Waals surface area contributed by atoms with Gasteiger partial charge in [-0.1, -0.05) is 36.8 Å². The van der Waals surface area contributed by atoms with Crippen LogP contribution in [0.3, 0.4) is 0 Å². The maximum Gasteiger partial charge on any atom is 0.341 e. The standard InChI is InChI=1S/C20H26N2O2S/c1-13-8-7-9-14(2)22(13)12-16-17(15-10-5-4-6-11-15)18(19(21)25-16)20(23)24-3/h4-6,10-11,13-14H,7-9,12,21H2,1-3H3. The van der Waals surface area contributed by atoms with Crippen molar-refractivity contribution in [1.82, 2.24) is 4.90 Å². The van der Waals surface area contributed by atoms with E-state index in [1.54, 1.807) is 0 Å². The molecule has 1 aromatic carbocycles. The molecule has 0 aliphatic carbocycles. The molecule has 1 aliphatic rings. The minimum atomic E-state index is -0.362. The van der Waals surface area contributed by atoms with Gasteiger partial charge < -0.3 is 10.5 Å². The van der Waals surface area contributed by atoms with Crippen LogP contribution in [0.2, 0.25) is 0 Å². The highest BCUT2D eigenvalue weighted by molar-refractivity contribution is 7.17. The van der Waals surface area contributed by atoms with Crippen molar-refractivity contribution in [3.8, 4) is 11.1 Å². The summed E-state index contributed by atoms with van der Waals surface area (Å²) in [5.41, 5.74) is 8.68. The van der Waals surface area contributed by atoms with Crippen molar-refractivity contribution in [1.29, 1.82) is 0 Å². The molecule has 2 aromatic rings. The van der Waals surface area contributed by atoms with Crippen LogP contribution in [0, 0.1) is 0 Å². The van der Waals surface area contributed by atoms with E-state index >= 15 is 0 Å². The molecule has 1 aromatic heterocycles. The molecule has 0 amide bonds. The Bertz CT molecular complexity index is 732. The fourth-order valence-electron chi connectivity index (χ4n) is 3.78. The number of likely N-dealkylation sites (tertiary alicyclic amines) is 1. The monoisotopic (exact) mass is 358 g/mol. The number of nitrogens with two attached hydrogens (primary N) is 1. The van der Waals surface area contributed by atoms with Crippen LogP contribution < -0.4 is 5.73 Å². The largest absolute Gasteiger partial charge is 0.465 e. The second kappa shape index (κ2) is 7.58. The summed E-state index contributed by atoms with van der Waals surface area (Å²) in [5.74, 6) is -0.362. The third kappa shape index (κ3) is 3.58. The van der Waals surface area contributed by atoms with Gasteiger partial charge in [0, 0.05) is 29.1 Å². The first-order valence-corrected chi connectivity index (χ1v) is 9.65. The summed E-state index contributed by atoms with van der Waals surface area (Å²) >= 11 is 1.51. The molecule has 25 heavy (non-hydrogen) atoms. The first-order chi connectivity index (χ1) is 12.0. The van der Waals surface area contributed by atoms with E-state index in [-0.39, 0.29) is 5.97 Å². The summed E-state index contributed by atoms with van der Waals surface area (Å²) in [6, 6.07) is 11.1.